The molecule has 3 aromatic carbocycles. The van der Waals surface area contributed by atoms with Crippen molar-refractivity contribution in [1.29, 1.82) is 0 Å². The molecule has 140 valence electrons. The molecular formula is C22H23NO4. The van der Waals surface area contributed by atoms with Gasteiger partial charge in [0.25, 0.3) is 0 Å². The van der Waals surface area contributed by atoms with E-state index in [9.17, 15) is 5.11 Å². The summed E-state index contributed by atoms with van der Waals surface area (Å²) in [5.41, 5.74) is 8.48. The van der Waals surface area contributed by atoms with Crippen molar-refractivity contribution in [3.8, 4) is 23.0 Å². The molecule has 0 bridgehead atoms. The van der Waals surface area contributed by atoms with Crippen molar-refractivity contribution < 1.29 is 19.3 Å². The van der Waals surface area contributed by atoms with Gasteiger partial charge >= 0.3 is 0 Å². The first kappa shape index (κ1) is 18.6. The predicted molar refractivity (Wildman–Crippen MR) is 105 cm³/mol. The second kappa shape index (κ2) is 7.60. The van der Waals surface area contributed by atoms with Crippen molar-refractivity contribution in [3.63, 3.8) is 0 Å². The SMILES string of the molecule is COc1ccc(C(N)(c2ccc(O)cc2)c2ccc(OC)cc2OC)cc1. The standard InChI is InChI=1S/C22H23NO4/c1-25-18-10-6-16(7-11-18)22(23,15-4-8-17(24)9-5-15)20-13-12-19(26-2)14-21(20)27-3/h4-14,24H,23H2,1-3H3. The van der Waals surface area contributed by atoms with E-state index in [1.54, 1.807) is 39.5 Å². The summed E-state index contributed by atoms with van der Waals surface area (Å²) < 4.78 is 16.2. The van der Waals surface area contributed by atoms with Crippen LogP contribution in [0.25, 0.3) is 0 Å². The van der Waals surface area contributed by atoms with Crippen LogP contribution in [0, 0.1) is 0 Å². The first-order valence-corrected chi connectivity index (χ1v) is 8.48. The lowest BCUT2D eigenvalue weighted by Gasteiger charge is -2.33. The van der Waals surface area contributed by atoms with Crippen molar-refractivity contribution >= 4 is 0 Å². The van der Waals surface area contributed by atoms with Gasteiger partial charge in [0.15, 0.2) is 0 Å². The van der Waals surface area contributed by atoms with Crippen LogP contribution in [0.15, 0.2) is 66.7 Å². The average Bonchev–Trinajstić information content (AvgIpc) is 2.73. The van der Waals surface area contributed by atoms with E-state index >= 15 is 0 Å². The molecule has 0 aliphatic rings. The minimum Gasteiger partial charge on any atom is -0.508 e. The molecule has 0 amide bonds. The molecule has 5 heteroatoms. The van der Waals surface area contributed by atoms with Crippen molar-refractivity contribution in [1.82, 2.24) is 0 Å². The maximum atomic E-state index is 9.70. The van der Waals surface area contributed by atoms with Crippen LogP contribution in [0.2, 0.25) is 0 Å². The van der Waals surface area contributed by atoms with Crippen LogP contribution in [0.5, 0.6) is 23.0 Å². The fourth-order valence-corrected chi connectivity index (χ4v) is 3.18. The third-order valence-corrected chi connectivity index (χ3v) is 4.70. The van der Waals surface area contributed by atoms with E-state index in [0.29, 0.717) is 11.5 Å². The predicted octanol–water partition coefficient (Wildman–Crippen LogP) is 3.67. The Morgan fingerprint density at radius 2 is 1.22 bits per heavy atom. The lowest BCUT2D eigenvalue weighted by molar-refractivity contribution is 0.385. The van der Waals surface area contributed by atoms with Crippen molar-refractivity contribution in [2.24, 2.45) is 5.73 Å². The Kier molecular flexibility index (Phi) is 5.23. The fraction of sp³-hybridized carbons (Fsp3) is 0.182. The minimum absolute atomic E-state index is 0.178. The summed E-state index contributed by atoms with van der Waals surface area (Å²) in [5.74, 6) is 2.21. The van der Waals surface area contributed by atoms with Gasteiger partial charge < -0.3 is 25.1 Å². The van der Waals surface area contributed by atoms with Gasteiger partial charge in [0.2, 0.25) is 0 Å². The highest BCUT2D eigenvalue weighted by Gasteiger charge is 2.35. The number of rotatable bonds is 6. The highest BCUT2D eigenvalue weighted by molar-refractivity contribution is 5.56. The van der Waals surface area contributed by atoms with Gasteiger partial charge in [-0.3, -0.25) is 0 Å². The molecule has 0 aliphatic carbocycles. The van der Waals surface area contributed by atoms with Crippen LogP contribution in [0.1, 0.15) is 16.7 Å². The summed E-state index contributed by atoms with van der Waals surface area (Å²) in [6, 6.07) is 20.0. The Morgan fingerprint density at radius 3 is 1.74 bits per heavy atom. The lowest BCUT2D eigenvalue weighted by Crippen LogP contribution is -2.39. The zero-order chi connectivity index (χ0) is 19.4. The van der Waals surface area contributed by atoms with Gasteiger partial charge in [0, 0.05) is 11.6 Å². The summed E-state index contributed by atoms with van der Waals surface area (Å²) >= 11 is 0. The molecule has 27 heavy (non-hydrogen) atoms. The van der Waals surface area contributed by atoms with E-state index in [4.69, 9.17) is 19.9 Å². The lowest BCUT2D eigenvalue weighted by atomic mass is 9.77. The molecular weight excluding hydrogens is 342 g/mol. The van der Waals surface area contributed by atoms with Gasteiger partial charge in [0.1, 0.15) is 23.0 Å². The maximum Gasteiger partial charge on any atom is 0.128 e. The number of hydrogen-bond acceptors (Lipinski definition) is 5. The molecule has 0 spiro atoms. The second-order valence-corrected chi connectivity index (χ2v) is 6.15. The van der Waals surface area contributed by atoms with Gasteiger partial charge in [-0.1, -0.05) is 24.3 Å². The van der Waals surface area contributed by atoms with E-state index in [0.717, 1.165) is 22.4 Å². The number of methoxy groups -OCH3 is 3. The van der Waals surface area contributed by atoms with Crippen LogP contribution in [0.4, 0.5) is 0 Å². The average molecular weight is 365 g/mol. The molecule has 0 saturated carbocycles. The topological polar surface area (TPSA) is 73.9 Å². The van der Waals surface area contributed by atoms with Crippen LogP contribution >= 0.6 is 0 Å². The van der Waals surface area contributed by atoms with Crippen molar-refractivity contribution in [2.45, 2.75) is 5.54 Å². The van der Waals surface area contributed by atoms with Gasteiger partial charge in [-0.2, -0.15) is 0 Å². The third-order valence-electron chi connectivity index (χ3n) is 4.70. The highest BCUT2D eigenvalue weighted by atomic mass is 16.5. The normalized spacial score (nSPS) is 12.9. The Bertz CT molecular complexity index is 907. The zero-order valence-electron chi connectivity index (χ0n) is 15.6. The smallest absolute Gasteiger partial charge is 0.128 e. The number of phenolic OH excluding ortho intramolecular Hbond substituents is 1. The largest absolute Gasteiger partial charge is 0.508 e. The van der Waals surface area contributed by atoms with Gasteiger partial charge in [-0.05, 0) is 47.5 Å². The Morgan fingerprint density at radius 1 is 0.704 bits per heavy atom. The first-order valence-electron chi connectivity index (χ1n) is 8.48. The molecule has 0 fully saturated rings. The van der Waals surface area contributed by atoms with E-state index in [1.807, 2.05) is 48.5 Å². The fourth-order valence-electron chi connectivity index (χ4n) is 3.18. The molecule has 1 unspecified atom stereocenters. The minimum atomic E-state index is -1.00. The van der Waals surface area contributed by atoms with Crippen LogP contribution < -0.4 is 19.9 Å². The Hall–Kier alpha value is -3.18. The van der Waals surface area contributed by atoms with E-state index in [1.165, 1.54) is 0 Å². The first-order chi connectivity index (χ1) is 13.0. The van der Waals surface area contributed by atoms with Crippen LogP contribution in [-0.2, 0) is 5.54 Å². The second-order valence-electron chi connectivity index (χ2n) is 6.15. The summed E-state index contributed by atoms with van der Waals surface area (Å²) in [4.78, 5) is 0. The molecule has 3 rings (SSSR count). The summed E-state index contributed by atoms with van der Waals surface area (Å²) in [6.07, 6.45) is 0. The number of phenols is 1. The number of ether oxygens (including phenoxy) is 3. The Labute approximate surface area is 158 Å². The number of aromatic hydroxyl groups is 1. The van der Waals surface area contributed by atoms with Crippen LogP contribution in [-0.4, -0.2) is 26.4 Å². The van der Waals surface area contributed by atoms with E-state index < -0.39 is 5.54 Å². The van der Waals surface area contributed by atoms with Crippen LogP contribution in [0.3, 0.4) is 0 Å². The molecule has 1 atom stereocenters. The van der Waals surface area contributed by atoms with Gasteiger partial charge in [0.05, 0.1) is 26.9 Å². The molecule has 0 saturated heterocycles. The van der Waals surface area contributed by atoms with Crippen molar-refractivity contribution in [2.75, 3.05) is 21.3 Å². The molecule has 0 heterocycles. The van der Waals surface area contributed by atoms with Gasteiger partial charge in [-0.25, -0.2) is 0 Å². The molecule has 3 N–H and O–H groups in total. The molecule has 0 aliphatic heterocycles. The highest BCUT2D eigenvalue weighted by Crippen LogP contribution is 2.41. The molecule has 3 aromatic rings. The van der Waals surface area contributed by atoms with E-state index in [2.05, 4.69) is 0 Å². The zero-order valence-corrected chi connectivity index (χ0v) is 15.6. The maximum absolute atomic E-state index is 9.70. The van der Waals surface area contributed by atoms with E-state index in [-0.39, 0.29) is 5.75 Å². The third kappa shape index (κ3) is 3.41. The molecule has 0 aromatic heterocycles. The number of nitrogens with two attached hydrogens (primary N) is 1. The summed E-state index contributed by atoms with van der Waals surface area (Å²) in [5, 5.41) is 9.70. The monoisotopic (exact) mass is 365 g/mol. The Balaban J connectivity index is 2.25. The van der Waals surface area contributed by atoms with Crippen molar-refractivity contribution in [3.05, 3.63) is 83.4 Å². The quantitative estimate of drug-likeness (QED) is 0.652. The van der Waals surface area contributed by atoms with Gasteiger partial charge in [-0.15, -0.1) is 0 Å². The molecule has 5 nitrogen and oxygen atoms in total. The summed E-state index contributed by atoms with van der Waals surface area (Å²) in [6.45, 7) is 0. The summed E-state index contributed by atoms with van der Waals surface area (Å²) in [7, 11) is 4.83. The molecule has 0 radical (unpaired) electrons. The number of hydrogen-bond donors (Lipinski definition) is 2. The number of benzene rings is 3.